The van der Waals surface area contributed by atoms with Crippen molar-refractivity contribution < 1.29 is 4.74 Å². The normalized spacial score (nSPS) is 10.4. The van der Waals surface area contributed by atoms with Gasteiger partial charge in [-0.1, -0.05) is 17.7 Å². The molecule has 0 amide bonds. The van der Waals surface area contributed by atoms with Crippen molar-refractivity contribution in [2.75, 3.05) is 26.0 Å². The van der Waals surface area contributed by atoms with Crippen LogP contribution in [0.1, 0.15) is 17.5 Å². The molecule has 0 fully saturated rings. The number of hydrogen-bond acceptors (Lipinski definition) is 3. The standard InChI is InChI=1S/C13H21NOS/c1-11-4-5-13(15-2)12(10-11)6-8-14-7-3-9-16/h4-5,10,14,16H,3,6-9H2,1-2H3. The molecular weight excluding hydrogens is 218 g/mol. The van der Waals surface area contributed by atoms with E-state index in [1.54, 1.807) is 7.11 Å². The minimum Gasteiger partial charge on any atom is -0.496 e. The van der Waals surface area contributed by atoms with E-state index in [0.717, 1.165) is 37.4 Å². The van der Waals surface area contributed by atoms with Crippen LogP contribution in [-0.2, 0) is 6.42 Å². The molecule has 0 aliphatic heterocycles. The van der Waals surface area contributed by atoms with Gasteiger partial charge in [0.15, 0.2) is 0 Å². The average Bonchev–Trinajstić information content (AvgIpc) is 2.29. The third-order valence-electron chi connectivity index (χ3n) is 2.52. The number of hydrogen-bond donors (Lipinski definition) is 2. The molecule has 0 bridgehead atoms. The van der Waals surface area contributed by atoms with Gasteiger partial charge in [-0.2, -0.15) is 12.6 Å². The van der Waals surface area contributed by atoms with Crippen molar-refractivity contribution >= 4 is 12.6 Å². The van der Waals surface area contributed by atoms with Gasteiger partial charge in [-0.15, -0.1) is 0 Å². The predicted octanol–water partition coefficient (Wildman–Crippen LogP) is 2.46. The van der Waals surface area contributed by atoms with E-state index >= 15 is 0 Å². The fraction of sp³-hybridized carbons (Fsp3) is 0.538. The Morgan fingerprint density at radius 1 is 1.31 bits per heavy atom. The van der Waals surface area contributed by atoms with Crippen LogP contribution in [0.4, 0.5) is 0 Å². The minimum absolute atomic E-state index is 0.945. The first-order valence-electron chi connectivity index (χ1n) is 5.73. The summed E-state index contributed by atoms with van der Waals surface area (Å²) in [5.74, 6) is 1.93. The first kappa shape index (κ1) is 13.4. The zero-order valence-electron chi connectivity index (χ0n) is 10.1. The lowest BCUT2D eigenvalue weighted by atomic mass is 10.1. The van der Waals surface area contributed by atoms with Gasteiger partial charge in [0.25, 0.3) is 0 Å². The lowest BCUT2D eigenvalue weighted by molar-refractivity contribution is 0.409. The molecule has 0 heterocycles. The van der Waals surface area contributed by atoms with Crippen LogP contribution < -0.4 is 10.1 Å². The Morgan fingerprint density at radius 2 is 2.12 bits per heavy atom. The van der Waals surface area contributed by atoms with Crippen molar-refractivity contribution in [1.82, 2.24) is 5.32 Å². The molecular formula is C13H21NOS. The topological polar surface area (TPSA) is 21.3 Å². The maximum absolute atomic E-state index is 5.34. The number of thiol groups is 1. The van der Waals surface area contributed by atoms with E-state index in [1.807, 2.05) is 6.07 Å². The summed E-state index contributed by atoms with van der Waals surface area (Å²) in [5, 5.41) is 3.40. The van der Waals surface area contributed by atoms with E-state index in [2.05, 4.69) is 37.0 Å². The lowest BCUT2D eigenvalue weighted by Gasteiger charge is -2.10. The Balaban J connectivity index is 2.42. The zero-order chi connectivity index (χ0) is 11.8. The van der Waals surface area contributed by atoms with Crippen molar-refractivity contribution in [2.45, 2.75) is 19.8 Å². The second-order valence-electron chi connectivity index (χ2n) is 3.89. The van der Waals surface area contributed by atoms with E-state index in [9.17, 15) is 0 Å². The van der Waals surface area contributed by atoms with Crippen LogP contribution >= 0.6 is 12.6 Å². The van der Waals surface area contributed by atoms with Crippen LogP contribution in [0.15, 0.2) is 18.2 Å². The Morgan fingerprint density at radius 3 is 2.81 bits per heavy atom. The highest BCUT2D eigenvalue weighted by atomic mass is 32.1. The molecule has 0 aliphatic rings. The summed E-state index contributed by atoms with van der Waals surface area (Å²) in [6.45, 7) is 4.14. The first-order valence-corrected chi connectivity index (χ1v) is 6.36. The first-order chi connectivity index (χ1) is 7.77. The maximum atomic E-state index is 5.34. The molecule has 3 heteroatoms. The molecule has 0 saturated heterocycles. The van der Waals surface area contributed by atoms with Gasteiger partial charge in [-0.3, -0.25) is 0 Å². The number of rotatable bonds is 7. The van der Waals surface area contributed by atoms with Crippen molar-refractivity contribution in [3.05, 3.63) is 29.3 Å². The molecule has 0 radical (unpaired) electrons. The third kappa shape index (κ3) is 4.45. The fourth-order valence-electron chi connectivity index (χ4n) is 1.65. The summed E-state index contributed by atoms with van der Waals surface area (Å²) in [5.41, 5.74) is 2.56. The van der Waals surface area contributed by atoms with E-state index in [1.165, 1.54) is 11.1 Å². The minimum atomic E-state index is 0.945. The zero-order valence-corrected chi connectivity index (χ0v) is 11.0. The Kier molecular flexibility index (Phi) is 6.34. The van der Waals surface area contributed by atoms with Gasteiger partial charge in [0.1, 0.15) is 5.75 Å². The second kappa shape index (κ2) is 7.58. The summed E-state index contributed by atoms with van der Waals surface area (Å²) < 4.78 is 5.34. The molecule has 1 aromatic carbocycles. The van der Waals surface area contributed by atoms with Gasteiger partial charge in [0.2, 0.25) is 0 Å². The molecule has 90 valence electrons. The molecule has 0 aliphatic carbocycles. The molecule has 0 aromatic heterocycles. The van der Waals surface area contributed by atoms with Gasteiger partial charge in [0.05, 0.1) is 7.11 Å². The number of methoxy groups -OCH3 is 1. The van der Waals surface area contributed by atoms with Gasteiger partial charge in [0, 0.05) is 0 Å². The van der Waals surface area contributed by atoms with Crippen LogP contribution in [0.3, 0.4) is 0 Å². The van der Waals surface area contributed by atoms with Crippen molar-refractivity contribution in [3.8, 4) is 5.75 Å². The Hall–Kier alpha value is -0.670. The molecule has 0 atom stereocenters. The molecule has 1 aromatic rings. The van der Waals surface area contributed by atoms with E-state index in [0.29, 0.717) is 0 Å². The van der Waals surface area contributed by atoms with Gasteiger partial charge >= 0.3 is 0 Å². The molecule has 0 unspecified atom stereocenters. The van der Waals surface area contributed by atoms with Crippen LogP contribution in [0.25, 0.3) is 0 Å². The summed E-state index contributed by atoms with van der Waals surface area (Å²) in [6.07, 6.45) is 2.13. The summed E-state index contributed by atoms with van der Waals surface area (Å²) >= 11 is 4.18. The average molecular weight is 239 g/mol. The number of nitrogens with one attached hydrogen (secondary N) is 1. The van der Waals surface area contributed by atoms with Crippen LogP contribution in [0.2, 0.25) is 0 Å². The van der Waals surface area contributed by atoms with Crippen LogP contribution in [0.5, 0.6) is 5.75 Å². The molecule has 1 rings (SSSR count). The van der Waals surface area contributed by atoms with E-state index in [-0.39, 0.29) is 0 Å². The molecule has 16 heavy (non-hydrogen) atoms. The van der Waals surface area contributed by atoms with Gasteiger partial charge in [-0.25, -0.2) is 0 Å². The van der Waals surface area contributed by atoms with Crippen molar-refractivity contribution in [1.29, 1.82) is 0 Å². The lowest BCUT2D eigenvalue weighted by Crippen LogP contribution is -2.19. The van der Waals surface area contributed by atoms with Gasteiger partial charge < -0.3 is 10.1 Å². The van der Waals surface area contributed by atoms with E-state index < -0.39 is 0 Å². The van der Waals surface area contributed by atoms with Crippen molar-refractivity contribution in [3.63, 3.8) is 0 Å². The highest BCUT2D eigenvalue weighted by Crippen LogP contribution is 2.19. The molecule has 1 N–H and O–H groups in total. The summed E-state index contributed by atoms with van der Waals surface area (Å²) in [6, 6.07) is 6.31. The predicted molar refractivity (Wildman–Crippen MR) is 72.8 cm³/mol. The fourth-order valence-corrected chi connectivity index (χ4v) is 1.81. The van der Waals surface area contributed by atoms with Gasteiger partial charge in [-0.05, 0) is 50.2 Å². The maximum Gasteiger partial charge on any atom is 0.122 e. The highest BCUT2D eigenvalue weighted by molar-refractivity contribution is 7.80. The highest BCUT2D eigenvalue weighted by Gasteiger charge is 2.02. The Labute approximate surface area is 104 Å². The number of ether oxygens (including phenoxy) is 1. The molecule has 2 nitrogen and oxygen atoms in total. The van der Waals surface area contributed by atoms with Crippen molar-refractivity contribution in [2.24, 2.45) is 0 Å². The van der Waals surface area contributed by atoms with Crippen LogP contribution in [-0.4, -0.2) is 26.0 Å². The van der Waals surface area contributed by atoms with E-state index in [4.69, 9.17) is 4.74 Å². The third-order valence-corrected chi connectivity index (χ3v) is 2.83. The summed E-state index contributed by atoms with van der Waals surface area (Å²) in [7, 11) is 1.72. The largest absolute Gasteiger partial charge is 0.496 e. The smallest absolute Gasteiger partial charge is 0.122 e. The quantitative estimate of drug-likeness (QED) is 0.563. The SMILES string of the molecule is COc1ccc(C)cc1CCNCCCS. The Bertz CT molecular complexity index is 315. The van der Waals surface area contributed by atoms with Crippen LogP contribution in [0, 0.1) is 6.92 Å². The monoisotopic (exact) mass is 239 g/mol. The molecule has 0 spiro atoms. The second-order valence-corrected chi connectivity index (χ2v) is 4.34. The summed E-state index contributed by atoms with van der Waals surface area (Å²) in [4.78, 5) is 0. The number of aryl methyl sites for hydroxylation is 1. The number of benzene rings is 1. The molecule has 0 saturated carbocycles.